The van der Waals surface area contributed by atoms with E-state index in [1.165, 1.54) is 0 Å². The highest BCUT2D eigenvalue weighted by atomic mass is 16.5. The third-order valence-corrected chi connectivity index (χ3v) is 4.50. The Hall–Kier alpha value is -0.610. The maximum Gasteiger partial charge on any atom is 0.234 e. The van der Waals surface area contributed by atoms with Crippen LogP contribution in [0.1, 0.15) is 47.0 Å². The zero-order chi connectivity index (χ0) is 13.6. The van der Waals surface area contributed by atoms with Crippen molar-refractivity contribution in [2.75, 3.05) is 6.54 Å². The van der Waals surface area contributed by atoms with Crippen molar-refractivity contribution < 1.29 is 9.53 Å². The van der Waals surface area contributed by atoms with Crippen molar-refractivity contribution in [2.24, 2.45) is 17.6 Å². The van der Waals surface area contributed by atoms with Crippen LogP contribution in [0.15, 0.2) is 0 Å². The van der Waals surface area contributed by atoms with Gasteiger partial charge in [0.2, 0.25) is 5.91 Å². The lowest BCUT2D eigenvalue weighted by Gasteiger charge is -2.37. The van der Waals surface area contributed by atoms with Gasteiger partial charge < -0.3 is 15.8 Å². The number of carbonyl (C=O) groups is 1. The molecular formula is C14H26N2O2. The first kappa shape index (κ1) is 13.8. The molecule has 2 aliphatic rings. The monoisotopic (exact) mass is 254 g/mol. The van der Waals surface area contributed by atoms with Gasteiger partial charge in [-0.1, -0.05) is 0 Å². The van der Waals surface area contributed by atoms with Crippen LogP contribution >= 0.6 is 0 Å². The number of primary amides is 1. The van der Waals surface area contributed by atoms with Gasteiger partial charge in [-0.25, -0.2) is 0 Å². The maximum absolute atomic E-state index is 11.3. The van der Waals surface area contributed by atoms with E-state index in [0.717, 1.165) is 25.8 Å². The molecule has 3 unspecified atom stereocenters. The second-order valence-corrected chi connectivity index (χ2v) is 6.97. The number of hydrogen-bond acceptors (Lipinski definition) is 3. The summed E-state index contributed by atoms with van der Waals surface area (Å²) in [6.07, 6.45) is 3.02. The summed E-state index contributed by atoms with van der Waals surface area (Å²) in [4.78, 5) is 11.3. The SMILES string of the molecule is CC1(C)CC(C2CCNC(C(N)=O)C2)C(C)(C)O1. The van der Waals surface area contributed by atoms with Crippen LogP contribution in [0.3, 0.4) is 0 Å². The Morgan fingerprint density at radius 3 is 2.50 bits per heavy atom. The van der Waals surface area contributed by atoms with Gasteiger partial charge >= 0.3 is 0 Å². The Morgan fingerprint density at radius 2 is 2.00 bits per heavy atom. The number of amides is 1. The van der Waals surface area contributed by atoms with Crippen LogP contribution in [0.25, 0.3) is 0 Å². The van der Waals surface area contributed by atoms with Crippen LogP contribution in [0, 0.1) is 11.8 Å². The minimum Gasteiger partial charge on any atom is -0.369 e. The molecule has 0 bridgehead atoms. The molecule has 0 saturated carbocycles. The molecule has 2 fully saturated rings. The molecular weight excluding hydrogens is 228 g/mol. The largest absolute Gasteiger partial charge is 0.369 e. The smallest absolute Gasteiger partial charge is 0.234 e. The highest BCUT2D eigenvalue weighted by Crippen LogP contribution is 2.47. The van der Waals surface area contributed by atoms with Crippen LogP contribution in [-0.4, -0.2) is 29.7 Å². The average Bonchev–Trinajstić information content (AvgIpc) is 2.47. The van der Waals surface area contributed by atoms with Gasteiger partial charge in [0.1, 0.15) is 0 Å². The van der Waals surface area contributed by atoms with E-state index in [9.17, 15) is 4.79 Å². The highest BCUT2D eigenvalue weighted by molar-refractivity contribution is 5.79. The number of rotatable bonds is 2. The number of nitrogens with two attached hydrogens (primary N) is 1. The van der Waals surface area contributed by atoms with E-state index in [2.05, 4.69) is 33.0 Å². The number of carbonyl (C=O) groups excluding carboxylic acids is 1. The van der Waals surface area contributed by atoms with Crippen molar-refractivity contribution in [1.29, 1.82) is 0 Å². The molecule has 2 aliphatic heterocycles. The van der Waals surface area contributed by atoms with Gasteiger partial charge in [0.25, 0.3) is 0 Å². The summed E-state index contributed by atoms with van der Waals surface area (Å²) in [6.45, 7) is 9.54. The van der Waals surface area contributed by atoms with E-state index < -0.39 is 0 Å². The Labute approximate surface area is 110 Å². The van der Waals surface area contributed by atoms with Crippen molar-refractivity contribution in [3.63, 3.8) is 0 Å². The van der Waals surface area contributed by atoms with Crippen molar-refractivity contribution in [1.82, 2.24) is 5.32 Å². The molecule has 0 spiro atoms. The summed E-state index contributed by atoms with van der Waals surface area (Å²) >= 11 is 0. The van der Waals surface area contributed by atoms with Crippen LogP contribution in [0.5, 0.6) is 0 Å². The van der Waals surface area contributed by atoms with Gasteiger partial charge in [0.15, 0.2) is 0 Å². The van der Waals surface area contributed by atoms with Crippen LogP contribution in [-0.2, 0) is 9.53 Å². The van der Waals surface area contributed by atoms with E-state index in [1.807, 2.05) is 0 Å². The molecule has 2 rings (SSSR count). The second-order valence-electron chi connectivity index (χ2n) is 6.97. The number of nitrogens with one attached hydrogen (secondary N) is 1. The lowest BCUT2D eigenvalue weighted by atomic mass is 9.72. The quantitative estimate of drug-likeness (QED) is 0.783. The maximum atomic E-state index is 11.3. The molecule has 0 radical (unpaired) electrons. The number of hydrogen-bond donors (Lipinski definition) is 2. The minimum atomic E-state index is -0.226. The molecule has 2 heterocycles. The standard InChI is InChI=1S/C14H26N2O2/c1-13(2)8-10(14(3,4)18-13)9-5-6-16-11(7-9)12(15)17/h9-11,16H,5-8H2,1-4H3,(H2,15,17). The molecule has 0 aromatic carbocycles. The molecule has 0 aliphatic carbocycles. The summed E-state index contributed by atoms with van der Waals surface area (Å²) in [7, 11) is 0. The van der Waals surface area contributed by atoms with E-state index in [4.69, 9.17) is 10.5 Å². The van der Waals surface area contributed by atoms with Crippen molar-refractivity contribution >= 4 is 5.91 Å². The van der Waals surface area contributed by atoms with Gasteiger partial charge in [0, 0.05) is 0 Å². The highest BCUT2D eigenvalue weighted by Gasteiger charge is 2.49. The fraction of sp³-hybridized carbons (Fsp3) is 0.929. The normalized spacial score (nSPS) is 38.6. The Morgan fingerprint density at radius 1 is 1.33 bits per heavy atom. The second kappa shape index (κ2) is 4.49. The van der Waals surface area contributed by atoms with Crippen molar-refractivity contribution in [3.05, 3.63) is 0 Å². The van der Waals surface area contributed by atoms with E-state index >= 15 is 0 Å². The van der Waals surface area contributed by atoms with E-state index in [0.29, 0.717) is 11.8 Å². The Bertz CT molecular complexity index is 339. The third-order valence-electron chi connectivity index (χ3n) is 4.50. The number of piperidine rings is 1. The molecule has 4 nitrogen and oxygen atoms in total. The van der Waals surface area contributed by atoms with Gasteiger partial charge in [-0.2, -0.15) is 0 Å². The zero-order valence-corrected chi connectivity index (χ0v) is 12.0. The fourth-order valence-electron chi connectivity index (χ4n) is 3.87. The van der Waals surface area contributed by atoms with Crippen molar-refractivity contribution in [2.45, 2.75) is 64.2 Å². The van der Waals surface area contributed by atoms with Crippen molar-refractivity contribution in [3.8, 4) is 0 Å². The van der Waals surface area contributed by atoms with Gasteiger partial charge in [0.05, 0.1) is 17.2 Å². The van der Waals surface area contributed by atoms with E-state index in [1.54, 1.807) is 0 Å². The zero-order valence-electron chi connectivity index (χ0n) is 12.0. The Kier molecular flexibility index (Phi) is 3.45. The molecule has 1 amide bonds. The molecule has 0 aromatic rings. The van der Waals surface area contributed by atoms with Gasteiger partial charge in [-0.15, -0.1) is 0 Å². The van der Waals surface area contributed by atoms with Gasteiger partial charge in [-0.3, -0.25) is 4.79 Å². The lowest BCUT2D eigenvalue weighted by Crippen LogP contribution is -2.49. The number of ether oxygens (including phenoxy) is 1. The Balaban J connectivity index is 2.09. The summed E-state index contributed by atoms with van der Waals surface area (Å²) in [5.74, 6) is 0.813. The first-order valence-electron chi connectivity index (χ1n) is 6.94. The molecule has 4 heteroatoms. The predicted molar refractivity (Wildman–Crippen MR) is 71.1 cm³/mol. The molecule has 104 valence electrons. The first-order valence-corrected chi connectivity index (χ1v) is 6.94. The lowest BCUT2D eigenvalue weighted by molar-refractivity contribution is -0.121. The first-order chi connectivity index (χ1) is 8.21. The fourth-order valence-corrected chi connectivity index (χ4v) is 3.87. The minimum absolute atomic E-state index is 0.0543. The third kappa shape index (κ3) is 2.69. The van der Waals surface area contributed by atoms with Crippen LogP contribution < -0.4 is 11.1 Å². The molecule has 18 heavy (non-hydrogen) atoms. The van der Waals surface area contributed by atoms with Crippen LogP contribution in [0.2, 0.25) is 0 Å². The molecule has 3 N–H and O–H groups in total. The summed E-state index contributed by atoms with van der Waals surface area (Å²) in [5, 5.41) is 3.20. The van der Waals surface area contributed by atoms with Crippen LogP contribution in [0.4, 0.5) is 0 Å². The topological polar surface area (TPSA) is 64.3 Å². The molecule has 3 atom stereocenters. The summed E-state index contributed by atoms with van der Waals surface area (Å²) < 4.78 is 6.16. The predicted octanol–water partition coefficient (Wildman–Crippen LogP) is 1.43. The van der Waals surface area contributed by atoms with Gasteiger partial charge in [-0.05, 0) is 65.3 Å². The molecule has 0 aromatic heterocycles. The molecule has 2 saturated heterocycles. The summed E-state index contributed by atoms with van der Waals surface area (Å²) in [6, 6.07) is -0.164. The average molecular weight is 254 g/mol. The van der Waals surface area contributed by atoms with E-state index in [-0.39, 0.29) is 23.2 Å². The summed E-state index contributed by atoms with van der Waals surface area (Å²) in [5.41, 5.74) is 5.26.